The summed E-state index contributed by atoms with van der Waals surface area (Å²) >= 11 is 1.64. The quantitative estimate of drug-likeness (QED) is 0.801. The number of para-hydroxylation sites is 1. The van der Waals surface area contributed by atoms with E-state index in [1.807, 2.05) is 43.3 Å². The van der Waals surface area contributed by atoms with Crippen molar-refractivity contribution >= 4 is 33.3 Å². The van der Waals surface area contributed by atoms with E-state index in [2.05, 4.69) is 15.3 Å². The highest BCUT2D eigenvalue weighted by molar-refractivity contribution is 7.18. The van der Waals surface area contributed by atoms with E-state index >= 15 is 0 Å². The molecule has 1 aromatic carbocycles. The molecule has 4 nitrogen and oxygen atoms in total. The van der Waals surface area contributed by atoms with Crippen molar-refractivity contribution < 1.29 is 4.79 Å². The zero-order valence-corrected chi connectivity index (χ0v) is 12.5. The number of thiazole rings is 1. The molecule has 0 unspecified atom stereocenters. The molecule has 3 rings (SSSR count). The average Bonchev–Trinajstić information content (AvgIpc) is 2.88. The predicted molar refractivity (Wildman–Crippen MR) is 85.5 cm³/mol. The molecule has 1 amide bonds. The van der Waals surface area contributed by atoms with Gasteiger partial charge in [-0.15, -0.1) is 11.3 Å². The number of carbonyl (C=O) groups excluding carboxylic acids is 1. The van der Waals surface area contributed by atoms with Gasteiger partial charge < -0.3 is 5.32 Å². The number of aryl methyl sites for hydroxylation is 2. The van der Waals surface area contributed by atoms with E-state index in [-0.39, 0.29) is 5.91 Å². The van der Waals surface area contributed by atoms with Gasteiger partial charge in [0.15, 0.2) is 0 Å². The first-order valence-electron chi connectivity index (χ1n) is 6.79. The molecule has 0 spiro atoms. The lowest BCUT2D eigenvalue weighted by molar-refractivity contribution is -0.116. The fourth-order valence-corrected chi connectivity index (χ4v) is 3.03. The zero-order chi connectivity index (χ0) is 14.7. The third-order valence-electron chi connectivity index (χ3n) is 3.06. The Hall–Kier alpha value is -2.27. The van der Waals surface area contributed by atoms with Crippen LogP contribution in [0.3, 0.4) is 0 Å². The molecule has 3 aromatic rings. The SMILES string of the molecule is Cc1cccc(NC(=O)CCc2nc3ccccc3s2)n1. The minimum absolute atomic E-state index is 0.0349. The molecule has 1 N–H and O–H groups in total. The lowest BCUT2D eigenvalue weighted by Gasteiger charge is -2.03. The number of fused-ring (bicyclic) bond motifs is 1. The molecular weight excluding hydrogens is 282 g/mol. The van der Waals surface area contributed by atoms with Gasteiger partial charge in [0.1, 0.15) is 5.82 Å². The minimum Gasteiger partial charge on any atom is -0.311 e. The van der Waals surface area contributed by atoms with Gasteiger partial charge >= 0.3 is 0 Å². The summed E-state index contributed by atoms with van der Waals surface area (Å²) in [6.07, 6.45) is 1.06. The number of hydrogen-bond donors (Lipinski definition) is 1. The van der Waals surface area contributed by atoms with E-state index in [9.17, 15) is 4.79 Å². The van der Waals surface area contributed by atoms with Gasteiger partial charge in [-0.1, -0.05) is 18.2 Å². The number of pyridine rings is 1. The van der Waals surface area contributed by atoms with E-state index in [0.29, 0.717) is 18.7 Å². The van der Waals surface area contributed by atoms with Gasteiger partial charge in [-0.2, -0.15) is 0 Å². The normalized spacial score (nSPS) is 10.7. The van der Waals surface area contributed by atoms with Crippen LogP contribution >= 0.6 is 11.3 Å². The molecule has 21 heavy (non-hydrogen) atoms. The Bertz CT molecular complexity index is 749. The van der Waals surface area contributed by atoms with Crippen molar-refractivity contribution in [1.82, 2.24) is 9.97 Å². The Kier molecular flexibility index (Phi) is 3.92. The third-order valence-corrected chi connectivity index (χ3v) is 4.16. The summed E-state index contributed by atoms with van der Waals surface area (Å²) in [6, 6.07) is 13.6. The van der Waals surface area contributed by atoms with Gasteiger partial charge in [0.25, 0.3) is 0 Å². The van der Waals surface area contributed by atoms with Crippen LogP contribution in [0.4, 0.5) is 5.82 Å². The summed E-state index contributed by atoms with van der Waals surface area (Å²) in [6.45, 7) is 1.90. The van der Waals surface area contributed by atoms with E-state index in [1.165, 1.54) is 0 Å². The number of rotatable bonds is 4. The molecule has 5 heteroatoms. The molecule has 0 bridgehead atoms. The van der Waals surface area contributed by atoms with Crippen molar-refractivity contribution in [2.45, 2.75) is 19.8 Å². The molecular formula is C16H15N3OS. The van der Waals surface area contributed by atoms with Crippen LogP contribution in [0.5, 0.6) is 0 Å². The number of anilines is 1. The number of hydrogen-bond acceptors (Lipinski definition) is 4. The zero-order valence-electron chi connectivity index (χ0n) is 11.7. The fraction of sp³-hybridized carbons (Fsp3) is 0.188. The first kappa shape index (κ1) is 13.7. The monoisotopic (exact) mass is 297 g/mol. The highest BCUT2D eigenvalue weighted by atomic mass is 32.1. The van der Waals surface area contributed by atoms with Crippen LogP contribution in [-0.4, -0.2) is 15.9 Å². The molecule has 106 valence electrons. The van der Waals surface area contributed by atoms with E-state index in [4.69, 9.17) is 0 Å². The van der Waals surface area contributed by atoms with Gasteiger partial charge in [0.2, 0.25) is 5.91 Å². The molecule has 0 saturated heterocycles. The van der Waals surface area contributed by atoms with E-state index in [0.717, 1.165) is 20.9 Å². The van der Waals surface area contributed by atoms with Crippen molar-refractivity contribution in [3.63, 3.8) is 0 Å². The molecule has 2 aromatic heterocycles. The number of amides is 1. The number of nitrogens with zero attached hydrogens (tertiary/aromatic N) is 2. The molecule has 0 aliphatic heterocycles. The maximum atomic E-state index is 11.9. The Morgan fingerprint density at radius 2 is 2.00 bits per heavy atom. The fourth-order valence-electron chi connectivity index (χ4n) is 2.07. The van der Waals surface area contributed by atoms with Crippen molar-refractivity contribution in [2.24, 2.45) is 0 Å². The summed E-state index contributed by atoms with van der Waals surface area (Å²) in [5.41, 5.74) is 1.89. The van der Waals surface area contributed by atoms with Gasteiger partial charge in [0, 0.05) is 18.5 Å². The third kappa shape index (κ3) is 3.44. The largest absolute Gasteiger partial charge is 0.311 e. The lowest BCUT2D eigenvalue weighted by Crippen LogP contribution is -2.13. The lowest BCUT2D eigenvalue weighted by atomic mass is 10.3. The van der Waals surface area contributed by atoms with Gasteiger partial charge in [-0.05, 0) is 31.2 Å². The maximum Gasteiger partial charge on any atom is 0.225 e. The van der Waals surface area contributed by atoms with E-state index in [1.54, 1.807) is 17.4 Å². The highest BCUT2D eigenvalue weighted by Crippen LogP contribution is 2.22. The van der Waals surface area contributed by atoms with Gasteiger partial charge in [0.05, 0.1) is 15.2 Å². The molecule has 0 atom stereocenters. The maximum absolute atomic E-state index is 11.9. The van der Waals surface area contributed by atoms with Gasteiger partial charge in [-0.3, -0.25) is 4.79 Å². The Balaban J connectivity index is 1.60. The second-order valence-electron chi connectivity index (χ2n) is 4.79. The van der Waals surface area contributed by atoms with Gasteiger partial charge in [-0.25, -0.2) is 9.97 Å². The topological polar surface area (TPSA) is 54.9 Å². The first-order valence-corrected chi connectivity index (χ1v) is 7.60. The second-order valence-corrected chi connectivity index (χ2v) is 5.90. The molecule has 2 heterocycles. The van der Waals surface area contributed by atoms with Crippen LogP contribution in [0, 0.1) is 6.92 Å². The minimum atomic E-state index is -0.0349. The summed E-state index contributed by atoms with van der Waals surface area (Å²) in [7, 11) is 0. The highest BCUT2D eigenvalue weighted by Gasteiger charge is 2.07. The Morgan fingerprint density at radius 3 is 2.81 bits per heavy atom. The van der Waals surface area contributed by atoms with Crippen molar-refractivity contribution in [2.75, 3.05) is 5.32 Å². The first-order chi connectivity index (χ1) is 10.2. The molecule has 0 radical (unpaired) electrons. The van der Waals surface area contributed by atoms with Crippen molar-refractivity contribution in [3.8, 4) is 0 Å². The summed E-state index contributed by atoms with van der Waals surface area (Å²) in [4.78, 5) is 20.7. The van der Waals surface area contributed by atoms with Crippen molar-refractivity contribution in [3.05, 3.63) is 53.2 Å². The van der Waals surface area contributed by atoms with Crippen LogP contribution in [0.2, 0.25) is 0 Å². The Labute approximate surface area is 126 Å². The number of aromatic nitrogens is 2. The standard InChI is InChI=1S/C16H15N3OS/c1-11-5-4-8-14(17-11)19-15(20)9-10-16-18-12-6-2-3-7-13(12)21-16/h2-8H,9-10H2,1H3,(H,17,19,20). The number of benzene rings is 1. The van der Waals surface area contributed by atoms with Crippen LogP contribution in [0.25, 0.3) is 10.2 Å². The van der Waals surface area contributed by atoms with Crippen LogP contribution in [-0.2, 0) is 11.2 Å². The summed E-state index contributed by atoms with van der Waals surface area (Å²) in [5, 5.41) is 3.80. The number of carbonyl (C=O) groups is 1. The number of nitrogens with one attached hydrogen (secondary N) is 1. The smallest absolute Gasteiger partial charge is 0.225 e. The predicted octanol–water partition coefficient (Wildman–Crippen LogP) is 3.57. The molecule has 0 fully saturated rings. The summed E-state index contributed by atoms with van der Waals surface area (Å²) < 4.78 is 1.16. The van der Waals surface area contributed by atoms with Crippen LogP contribution in [0.1, 0.15) is 17.1 Å². The van der Waals surface area contributed by atoms with E-state index < -0.39 is 0 Å². The molecule has 0 aliphatic carbocycles. The average molecular weight is 297 g/mol. The van der Waals surface area contributed by atoms with Crippen LogP contribution < -0.4 is 5.32 Å². The molecule has 0 aliphatic rings. The van der Waals surface area contributed by atoms with Crippen molar-refractivity contribution in [1.29, 1.82) is 0 Å². The molecule has 0 saturated carbocycles. The van der Waals surface area contributed by atoms with Crippen LogP contribution in [0.15, 0.2) is 42.5 Å². The Morgan fingerprint density at radius 1 is 1.14 bits per heavy atom. The summed E-state index contributed by atoms with van der Waals surface area (Å²) in [5.74, 6) is 0.566. The second kappa shape index (κ2) is 6.01.